The highest BCUT2D eigenvalue weighted by atomic mass is 16.5. The van der Waals surface area contributed by atoms with Crippen molar-refractivity contribution in [2.75, 3.05) is 6.54 Å². The van der Waals surface area contributed by atoms with Gasteiger partial charge in [0.25, 0.3) is 0 Å². The lowest BCUT2D eigenvalue weighted by Crippen LogP contribution is -2.39. The summed E-state index contributed by atoms with van der Waals surface area (Å²) in [5, 5.41) is 3.49. The fraction of sp³-hybridized carbons (Fsp3) is 0.600. The highest BCUT2D eigenvalue weighted by Gasteiger charge is 2.29. The van der Waals surface area contributed by atoms with Crippen LogP contribution in [0.3, 0.4) is 0 Å². The van der Waals surface area contributed by atoms with Crippen molar-refractivity contribution < 1.29 is 4.74 Å². The molecule has 2 heteroatoms. The van der Waals surface area contributed by atoms with Gasteiger partial charge in [0, 0.05) is 6.04 Å². The van der Waals surface area contributed by atoms with E-state index >= 15 is 0 Å². The molecular formula is C15H23NO. The largest absolute Gasteiger partial charge is 0.374 e. The van der Waals surface area contributed by atoms with E-state index in [0.29, 0.717) is 12.1 Å². The standard InChI is InChI=1S/C15H23NO/c1-12(2)16-10-14-8-15(9-14)17-11-13-6-4-3-5-7-13/h3-7,12,14-16H,8-11H2,1-2H3. The summed E-state index contributed by atoms with van der Waals surface area (Å²) in [6, 6.07) is 11.0. The van der Waals surface area contributed by atoms with E-state index in [2.05, 4.69) is 43.4 Å². The second-order valence-electron chi connectivity index (χ2n) is 5.32. The molecule has 0 aliphatic heterocycles. The monoisotopic (exact) mass is 233 g/mol. The zero-order valence-electron chi connectivity index (χ0n) is 10.9. The maximum atomic E-state index is 5.87. The molecule has 0 bridgehead atoms. The second kappa shape index (κ2) is 6.18. The van der Waals surface area contributed by atoms with Crippen LogP contribution in [0.25, 0.3) is 0 Å². The lowest BCUT2D eigenvalue weighted by Gasteiger charge is -2.35. The van der Waals surface area contributed by atoms with Crippen molar-refractivity contribution in [3.05, 3.63) is 35.9 Å². The van der Waals surface area contributed by atoms with Crippen molar-refractivity contribution in [3.8, 4) is 0 Å². The number of benzene rings is 1. The van der Waals surface area contributed by atoms with Crippen LogP contribution in [0.1, 0.15) is 32.3 Å². The summed E-state index contributed by atoms with van der Waals surface area (Å²) in [6.07, 6.45) is 2.91. The molecule has 0 radical (unpaired) electrons. The highest BCUT2D eigenvalue weighted by Crippen LogP contribution is 2.30. The van der Waals surface area contributed by atoms with Crippen molar-refractivity contribution in [1.29, 1.82) is 0 Å². The lowest BCUT2D eigenvalue weighted by atomic mass is 9.82. The van der Waals surface area contributed by atoms with E-state index in [1.165, 1.54) is 18.4 Å². The van der Waals surface area contributed by atoms with Crippen molar-refractivity contribution in [2.24, 2.45) is 5.92 Å². The Kier molecular flexibility index (Phi) is 4.57. The molecule has 0 amide bonds. The molecule has 0 aromatic heterocycles. The molecule has 2 nitrogen and oxygen atoms in total. The SMILES string of the molecule is CC(C)NCC1CC(OCc2ccccc2)C1. The summed E-state index contributed by atoms with van der Waals surface area (Å²) < 4.78 is 5.87. The summed E-state index contributed by atoms with van der Waals surface area (Å²) in [7, 11) is 0. The van der Waals surface area contributed by atoms with E-state index in [1.807, 2.05) is 6.07 Å². The molecule has 1 saturated carbocycles. The molecule has 0 unspecified atom stereocenters. The maximum absolute atomic E-state index is 5.87. The number of hydrogen-bond donors (Lipinski definition) is 1. The van der Waals surface area contributed by atoms with Crippen LogP contribution in [0, 0.1) is 5.92 Å². The van der Waals surface area contributed by atoms with Crippen LogP contribution in [-0.4, -0.2) is 18.7 Å². The highest BCUT2D eigenvalue weighted by molar-refractivity contribution is 5.13. The van der Waals surface area contributed by atoms with E-state index in [4.69, 9.17) is 4.74 Å². The Labute approximate surface area is 104 Å². The fourth-order valence-electron chi connectivity index (χ4n) is 2.17. The van der Waals surface area contributed by atoms with Gasteiger partial charge in [0.05, 0.1) is 12.7 Å². The molecule has 0 spiro atoms. The van der Waals surface area contributed by atoms with Gasteiger partial charge < -0.3 is 10.1 Å². The predicted octanol–water partition coefficient (Wildman–Crippen LogP) is 2.98. The van der Waals surface area contributed by atoms with Gasteiger partial charge in [-0.15, -0.1) is 0 Å². The third-order valence-electron chi connectivity index (χ3n) is 3.34. The van der Waals surface area contributed by atoms with Gasteiger partial charge in [0.1, 0.15) is 0 Å². The molecule has 2 rings (SSSR count). The molecule has 94 valence electrons. The minimum absolute atomic E-state index is 0.481. The van der Waals surface area contributed by atoms with Gasteiger partial charge in [-0.05, 0) is 30.9 Å². The third-order valence-corrected chi connectivity index (χ3v) is 3.34. The Morgan fingerprint density at radius 3 is 2.59 bits per heavy atom. The van der Waals surface area contributed by atoms with E-state index in [9.17, 15) is 0 Å². The van der Waals surface area contributed by atoms with Crippen LogP contribution in [-0.2, 0) is 11.3 Å². The topological polar surface area (TPSA) is 21.3 Å². The molecule has 0 saturated heterocycles. The quantitative estimate of drug-likeness (QED) is 0.815. The van der Waals surface area contributed by atoms with Crippen molar-refractivity contribution in [3.63, 3.8) is 0 Å². The zero-order valence-corrected chi connectivity index (χ0v) is 10.9. The van der Waals surface area contributed by atoms with Crippen LogP contribution in [0.4, 0.5) is 0 Å². The van der Waals surface area contributed by atoms with E-state index < -0.39 is 0 Å². The average Bonchev–Trinajstić information content (AvgIpc) is 2.27. The number of rotatable bonds is 6. The first-order valence-electron chi connectivity index (χ1n) is 6.63. The zero-order chi connectivity index (χ0) is 12.1. The van der Waals surface area contributed by atoms with Crippen LogP contribution in [0.15, 0.2) is 30.3 Å². The van der Waals surface area contributed by atoms with Gasteiger partial charge in [0.15, 0.2) is 0 Å². The summed E-state index contributed by atoms with van der Waals surface area (Å²) in [4.78, 5) is 0. The molecule has 1 aromatic carbocycles. The first kappa shape index (κ1) is 12.6. The Bertz CT molecular complexity index is 317. The number of hydrogen-bond acceptors (Lipinski definition) is 2. The summed E-state index contributed by atoms with van der Waals surface area (Å²) in [5.41, 5.74) is 1.27. The average molecular weight is 233 g/mol. The summed E-state index contributed by atoms with van der Waals surface area (Å²) in [5.74, 6) is 0.818. The Balaban J connectivity index is 1.58. The van der Waals surface area contributed by atoms with Crippen molar-refractivity contribution >= 4 is 0 Å². The minimum Gasteiger partial charge on any atom is -0.374 e. The Morgan fingerprint density at radius 2 is 1.94 bits per heavy atom. The van der Waals surface area contributed by atoms with E-state index in [-0.39, 0.29) is 0 Å². The smallest absolute Gasteiger partial charge is 0.0720 e. The maximum Gasteiger partial charge on any atom is 0.0720 e. The number of ether oxygens (including phenoxy) is 1. The summed E-state index contributed by atoms with van der Waals surface area (Å²) >= 11 is 0. The Hall–Kier alpha value is -0.860. The molecule has 1 fully saturated rings. The van der Waals surface area contributed by atoms with Gasteiger partial charge in [-0.1, -0.05) is 44.2 Å². The van der Waals surface area contributed by atoms with Crippen LogP contribution < -0.4 is 5.32 Å². The normalized spacial score (nSPS) is 23.7. The molecule has 1 aliphatic rings. The molecule has 0 atom stereocenters. The van der Waals surface area contributed by atoms with E-state index in [0.717, 1.165) is 19.1 Å². The third kappa shape index (κ3) is 4.14. The second-order valence-corrected chi connectivity index (χ2v) is 5.32. The van der Waals surface area contributed by atoms with Crippen LogP contribution >= 0.6 is 0 Å². The first-order chi connectivity index (χ1) is 8.24. The lowest BCUT2D eigenvalue weighted by molar-refractivity contribution is -0.0398. The first-order valence-corrected chi connectivity index (χ1v) is 6.63. The van der Waals surface area contributed by atoms with Crippen LogP contribution in [0.5, 0.6) is 0 Å². The van der Waals surface area contributed by atoms with Crippen molar-refractivity contribution in [1.82, 2.24) is 5.32 Å². The summed E-state index contributed by atoms with van der Waals surface area (Å²) in [6.45, 7) is 6.29. The fourth-order valence-corrected chi connectivity index (χ4v) is 2.17. The molecule has 1 aromatic rings. The number of nitrogens with one attached hydrogen (secondary N) is 1. The van der Waals surface area contributed by atoms with Crippen LogP contribution in [0.2, 0.25) is 0 Å². The van der Waals surface area contributed by atoms with Gasteiger partial charge in [-0.25, -0.2) is 0 Å². The van der Waals surface area contributed by atoms with Gasteiger partial charge >= 0.3 is 0 Å². The molecule has 1 N–H and O–H groups in total. The minimum atomic E-state index is 0.481. The van der Waals surface area contributed by atoms with Gasteiger partial charge in [-0.3, -0.25) is 0 Å². The molecular weight excluding hydrogens is 210 g/mol. The molecule has 0 heterocycles. The predicted molar refractivity (Wildman–Crippen MR) is 70.9 cm³/mol. The molecule has 17 heavy (non-hydrogen) atoms. The Morgan fingerprint density at radius 1 is 1.24 bits per heavy atom. The van der Waals surface area contributed by atoms with Gasteiger partial charge in [0.2, 0.25) is 0 Å². The van der Waals surface area contributed by atoms with E-state index in [1.54, 1.807) is 0 Å². The molecule has 1 aliphatic carbocycles. The van der Waals surface area contributed by atoms with Crippen molar-refractivity contribution in [2.45, 2.75) is 45.4 Å². The van der Waals surface area contributed by atoms with Gasteiger partial charge in [-0.2, -0.15) is 0 Å².